The van der Waals surface area contributed by atoms with Crippen molar-refractivity contribution in [2.45, 2.75) is 38.3 Å². The molecule has 0 unspecified atom stereocenters. The molecule has 8 heteroatoms. The van der Waals surface area contributed by atoms with Gasteiger partial charge in [-0.15, -0.1) is 0 Å². The number of hydrogen-bond acceptors (Lipinski definition) is 7. The topological polar surface area (TPSA) is 126 Å². The lowest BCUT2D eigenvalue weighted by atomic mass is 10.00. The first kappa shape index (κ1) is 21.9. The second-order valence-corrected chi connectivity index (χ2v) is 6.56. The highest BCUT2D eigenvalue weighted by Gasteiger charge is 2.37. The van der Waals surface area contributed by atoms with Crippen molar-refractivity contribution in [3.05, 3.63) is 35.4 Å². The summed E-state index contributed by atoms with van der Waals surface area (Å²) in [5.41, 5.74) is 1.70. The van der Waals surface area contributed by atoms with Gasteiger partial charge in [0.2, 0.25) is 0 Å². The maximum atomic E-state index is 12.3. The summed E-state index contributed by atoms with van der Waals surface area (Å²) in [4.78, 5) is 14.5. The molecule has 0 radical (unpaired) electrons. The van der Waals surface area contributed by atoms with Gasteiger partial charge < -0.3 is 30.3 Å². The minimum absolute atomic E-state index is 0.0820. The Bertz CT molecular complexity index is 724. The number of aliphatic hydroxyl groups is 3. The molecule has 4 N–H and O–H groups in total. The van der Waals surface area contributed by atoms with Crippen LogP contribution >= 0.6 is 0 Å². The molecule has 1 aliphatic heterocycles. The third kappa shape index (κ3) is 5.30. The summed E-state index contributed by atoms with van der Waals surface area (Å²) in [7, 11) is 0. The molecule has 1 fully saturated rings. The lowest BCUT2D eigenvalue weighted by molar-refractivity contribution is -0.185. The van der Waals surface area contributed by atoms with Crippen molar-refractivity contribution in [3.63, 3.8) is 0 Å². The number of amides is 1. The van der Waals surface area contributed by atoms with Crippen LogP contribution in [-0.2, 0) is 9.53 Å². The predicted octanol–water partition coefficient (Wildman–Crippen LogP) is 0.0375. The van der Waals surface area contributed by atoms with Crippen molar-refractivity contribution >= 4 is 17.7 Å². The predicted molar refractivity (Wildman–Crippen MR) is 104 cm³/mol. The minimum atomic E-state index is -1.34. The van der Waals surface area contributed by atoms with Crippen molar-refractivity contribution in [1.82, 2.24) is 5.32 Å². The number of nitrogens with one attached hydrogen (secondary N) is 1. The zero-order chi connectivity index (χ0) is 20.7. The van der Waals surface area contributed by atoms with Crippen LogP contribution in [0.3, 0.4) is 0 Å². The van der Waals surface area contributed by atoms with Crippen LogP contribution in [-0.4, -0.2) is 71.9 Å². The summed E-state index contributed by atoms with van der Waals surface area (Å²) in [5, 5.41) is 40.8. The fourth-order valence-electron chi connectivity index (χ4n) is 3.02. The molecular weight excluding hydrogens is 362 g/mol. The van der Waals surface area contributed by atoms with E-state index in [2.05, 4.69) is 24.1 Å². The molecule has 1 aromatic carbocycles. The van der Waals surface area contributed by atoms with Gasteiger partial charge in [0.1, 0.15) is 36.1 Å². The molecule has 1 saturated heterocycles. The summed E-state index contributed by atoms with van der Waals surface area (Å²) >= 11 is 0. The SMILES string of the molecule is CCN(CC)c1ccc(/C=C(\C#N)C(=O)NC[C@H]2OC[C@H](O)[C@@H](O)[C@@H]2O)cc1. The molecule has 0 spiro atoms. The molecule has 1 heterocycles. The van der Waals surface area contributed by atoms with Crippen molar-refractivity contribution in [3.8, 4) is 6.07 Å². The molecule has 0 aliphatic carbocycles. The number of ether oxygens (including phenoxy) is 1. The van der Waals surface area contributed by atoms with Crippen molar-refractivity contribution in [2.75, 3.05) is 31.1 Å². The Labute approximate surface area is 164 Å². The van der Waals surface area contributed by atoms with Crippen LogP contribution in [0.5, 0.6) is 0 Å². The molecule has 152 valence electrons. The lowest BCUT2D eigenvalue weighted by Gasteiger charge is -2.35. The molecule has 8 nitrogen and oxygen atoms in total. The Morgan fingerprint density at radius 1 is 1.25 bits per heavy atom. The number of carbonyl (C=O) groups is 1. The summed E-state index contributed by atoms with van der Waals surface area (Å²) in [6.07, 6.45) is -3.22. The van der Waals surface area contributed by atoms with Crippen molar-refractivity contribution in [2.24, 2.45) is 0 Å². The number of nitriles is 1. The van der Waals surface area contributed by atoms with E-state index in [1.54, 1.807) is 0 Å². The van der Waals surface area contributed by atoms with Crippen LogP contribution in [0.1, 0.15) is 19.4 Å². The van der Waals surface area contributed by atoms with Crippen LogP contribution in [0, 0.1) is 11.3 Å². The molecule has 28 heavy (non-hydrogen) atoms. The van der Waals surface area contributed by atoms with Gasteiger partial charge in [-0.25, -0.2) is 0 Å². The van der Waals surface area contributed by atoms with E-state index in [1.807, 2.05) is 30.3 Å². The minimum Gasteiger partial charge on any atom is -0.388 e. The molecule has 1 amide bonds. The van der Waals surface area contributed by atoms with Crippen LogP contribution in [0.4, 0.5) is 5.69 Å². The van der Waals surface area contributed by atoms with E-state index in [9.17, 15) is 25.4 Å². The third-order valence-electron chi connectivity index (χ3n) is 4.77. The average molecular weight is 389 g/mol. The summed E-state index contributed by atoms with van der Waals surface area (Å²) in [6.45, 7) is 5.68. The fraction of sp³-hybridized carbons (Fsp3) is 0.500. The van der Waals surface area contributed by atoms with E-state index in [0.717, 1.165) is 24.3 Å². The van der Waals surface area contributed by atoms with Crippen LogP contribution in [0.15, 0.2) is 29.8 Å². The third-order valence-corrected chi connectivity index (χ3v) is 4.77. The highest BCUT2D eigenvalue weighted by molar-refractivity contribution is 6.01. The van der Waals surface area contributed by atoms with E-state index in [1.165, 1.54) is 6.08 Å². The van der Waals surface area contributed by atoms with Gasteiger partial charge >= 0.3 is 0 Å². The molecule has 1 aliphatic rings. The number of nitrogens with zero attached hydrogens (tertiary/aromatic N) is 2. The quantitative estimate of drug-likeness (QED) is 0.383. The van der Waals surface area contributed by atoms with Gasteiger partial charge in [-0.2, -0.15) is 5.26 Å². The first-order valence-corrected chi connectivity index (χ1v) is 9.32. The van der Waals surface area contributed by atoms with Gasteiger partial charge in [0, 0.05) is 25.3 Å². The number of benzene rings is 1. The van der Waals surface area contributed by atoms with Gasteiger partial charge in [0.25, 0.3) is 5.91 Å². The van der Waals surface area contributed by atoms with E-state index < -0.39 is 30.3 Å². The first-order chi connectivity index (χ1) is 13.4. The molecule has 0 aromatic heterocycles. The highest BCUT2D eigenvalue weighted by Crippen LogP contribution is 2.17. The van der Waals surface area contributed by atoms with E-state index >= 15 is 0 Å². The highest BCUT2D eigenvalue weighted by atomic mass is 16.5. The van der Waals surface area contributed by atoms with Gasteiger partial charge in [0.15, 0.2) is 0 Å². The van der Waals surface area contributed by atoms with Gasteiger partial charge in [-0.05, 0) is 37.6 Å². The second kappa shape index (κ2) is 10.2. The monoisotopic (exact) mass is 389 g/mol. The zero-order valence-electron chi connectivity index (χ0n) is 16.1. The number of carbonyl (C=O) groups excluding carboxylic acids is 1. The standard InChI is InChI=1S/C20H27N3O5/c1-3-23(4-2)15-7-5-13(6-8-15)9-14(10-21)20(27)22-11-17-19(26)18(25)16(24)12-28-17/h5-9,16-19,24-26H,3-4,11-12H2,1-2H3,(H,22,27)/b14-9+/t16-,17+,18+,19+/m0/s1. The van der Waals surface area contributed by atoms with Gasteiger partial charge in [-0.1, -0.05) is 12.1 Å². The zero-order valence-corrected chi connectivity index (χ0v) is 16.1. The van der Waals surface area contributed by atoms with Gasteiger partial charge in [0.05, 0.1) is 6.61 Å². The molecule has 1 aromatic rings. The van der Waals surface area contributed by atoms with Gasteiger partial charge in [-0.3, -0.25) is 4.79 Å². The van der Waals surface area contributed by atoms with E-state index in [0.29, 0.717) is 0 Å². The smallest absolute Gasteiger partial charge is 0.262 e. The van der Waals surface area contributed by atoms with Crippen LogP contribution < -0.4 is 10.2 Å². The Kier molecular flexibility index (Phi) is 7.96. The normalized spacial score (nSPS) is 25.1. The first-order valence-electron chi connectivity index (χ1n) is 9.32. The fourth-order valence-corrected chi connectivity index (χ4v) is 3.02. The number of rotatable bonds is 7. The van der Waals surface area contributed by atoms with E-state index in [-0.39, 0.29) is 18.7 Å². The maximum Gasteiger partial charge on any atom is 0.262 e. The number of anilines is 1. The van der Waals surface area contributed by atoms with Crippen molar-refractivity contribution in [1.29, 1.82) is 5.26 Å². The molecule has 2 rings (SSSR count). The summed E-state index contributed by atoms with van der Waals surface area (Å²) in [6, 6.07) is 9.42. The lowest BCUT2D eigenvalue weighted by Crippen LogP contribution is -2.56. The largest absolute Gasteiger partial charge is 0.388 e. The van der Waals surface area contributed by atoms with Crippen molar-refractivity contribution < 1.29 is 24.9 Å². The Balaban J connectivity index is 2.00. The molecule has 0 saturated carbocycles. The van der Waals surface area contributed by atoms with Crippen LogP contribution in [0.2, 0.25) is 0 Å². The Hall–Kier alpha value is -2.44. The second-order valence-electron chi connectivity index (χ2n) is 6.56. The Morgan fingerprint density at radius 2 is 1.89 bits per heavy atom. The molecular formula is C20H27N3O5. The van der Waals surface area contributed by atoms with Crippen LogP contribution in [0.25, 0.3) is 6.08 Å². The van der Waals surface area contributed by atoms with E-state index in [4.69, 9.17) is 4.74 Å². The number of hydrogen-bond donors (Lipinski definition) is 4. The molecule has 4 atom stereocenters. The average Bonchev–Trinajstić information content (AvgIpc) is 2.71. The summed E-state index contributed by atoms with van der Waals surface area (Å²) < 4.78 is 5.23. The Morgan fingerprint density at radius 3 is 2.46 bits per heavy atom. The maximum absolute atomic E-state index is 12.3. The number of aliphatic hydroxyl groups excluding tert-OH is 3. The summed E-state index contributed by atoms with van der Waals surface area (Å²) in [5.74, 6) is -0.605. The molecule has 0 bridgehead atoms.